The number of hydrogen-bond donors (Lipinski definition) is 1. The summed E-state index contributed by atoms with van der Waals surface area (Å²) >= 11 is 1.53. The van der Waals surface area contributed by atoms with Gasteiger partial charge in [-0.05, 0) is 31.5 Å². The molecule has 140 valence electrons. The smallest absolute Gasteiger partial charge is 0.295 e. The Morgan fingerprint density at radius 2 is 1.81 bits per heavy atom. The van der Waals surface area contributed by atoms with Gasteiger partial charge < -0.3 is 5.32 Å². The number of nitrogens with one attached hydrogen (secondary N) is 1. The van der Waals surface area contributed by atoms with Crippen molar-refractivity contribution in [2.75, 3.05) is 11.1 Å². The zero-order valence-electron chi connectivity index (χ0n) is 15.7. The van der Waals surface area contributed by atoms with Gasteiger partial charge in [-0.1, -0.05) is 48.0 Å². The summed E-state index contributed by atoms with van der Waals surface area (Å²) in [6.45, 7) is 3.88. The molecule has 0 saturated heterocycles. The summed E-state index contributed by atoms with van der Waals surface area (Å²) in [4.78, 5) is 25.1. The number of rotatable bonds is 6. The largest absolute Gasteiger partial charge is 0.319 e. The molecule has 1 aromatic heterocycles. The molecule has 2 aromatic carbocycles. The van der Waals surface area contributed by atoms with E-state index in [0.29, 0.717) is 11.4 Å². The van der Waals surface area contributed by atoms with Gasteiger partial charge in [0, 0.05) is 12.8 Å². The normalized spacial score (nSPS) is 10.8. The first-order valence-electron chi connectivity index (χ1n) is 8.74. The van der Waals surface area contributed by atoms with Gasteiger partial charge in [0.05, 0.1) is 17.1 Å². The average Bonchev–Trinajstić information content (AvgIpc) is 2.86. The van der Waals surface area contributed by atoms with E-state index in [0.717, 1.165) is 17.1 Å². The third-order valence-electron chi connectivity index (χ3n) is 4.40. The van der Waals surface area contributed by atoms with E-state index in [9.17, 15) is 9.59 Å². The van der Waals surface area contributed by atoms with E-state index < -0.39 is 0 Å². The highest BCUT2D eigenvalue weighted by Gasteiger charge is 2.17. The van der Waals surface area contributed by atoms with E-state index >= 15 is 0 Å². The molecular formula is C21H23N3O2S. The molecule has 0 aliphatic carbocycles. The highest BCUT2D eigenvalue weighted by Crippen LogP contribution is 2.16. The van der Waals surface area contributed by atoms with Gasteiger partial charge in [0.25, 0.3) is 5.56 Å². The van der Waals surface area contributed by atoms with Crippen LogP contribution < -0.4 is 10.9 Å². The zero-order valence-corrected chi connectivity index (χ0v) is 16.5. The summed E-state index contributed by atoms with van der Waals surface area (Å²) in [5.74, 6) is 0.892. The Balaban J connectivity index is 1.68. The second kappa shape index (κ2) is 8.31. The fourth-order valence-electron chi connectivity index (χ4n) is 2.95. The van der Waals surface area contributed by atoms with Crippen molar-refractivity contribution in [3.05, 3.63) is 81.8 Å². The first-order chi connectivity index (χ1) is 13.0. The molecule has 0 fully saturated rings. The molecule has 0 spiro atoms. The van der Waals surface area contributed by atoms with Crippen molar-refractivity contribution < 1.29 is 4.79 Å². The van der Waals surface area contributed by atoms with Crippen LogP contribution in [0, 0.1) is 13.8 Å². The van der Waals surface area contributed by atoms with Crippen LogP contribution in [0.15, 0.2) is 59.4 Å². The monoisotopic (exact) mass is 381 g/mol. The number of benzene rings is 2. The van der Waals surface area contributed by atoms with Crippen molar-refractivity contribution in [3.8, 4) is 5.69 Å². The van der Waals surface area contributed by atoms with Crippen molar-refractivity contribution >= 4 is 23.4 Å². The van der Waals surface area contributed by atoms with Gasteiger partial charge in [0.15, 0.2) is 0 Å². The number of aryl methyl sites for hydroxylation is 1. The first kappa shape index (κ1) is 19.0. The minimum absolute atomic E-state index is 0.168. The Hall–Kier alpha value is -2.73. The molecule has 1 amide bonds. The average molecular weight is 382 g/mol. The fraction of sp³-hybridized carbons (Fsp3) is 0.238. The Labute approximate surface area is 163 Å². The van der Waals surface area contributed by atoms with Crippen LogP contribution in [-0.4, -0.2) is 21.0 Å². The van der Waals surface area contributed by atoms with Crippen molar-refractivity contribution in [1.82, 2.24) is 9.36 Å². The summed E-state index contributed by atoms with van der Waals surface area (Å²) in [5.41, 5.74) is 4.00. The Morgan fingerprint density at radius 3 is 2.52 bits per heavy atom. The lowest BCUT2D eigenvalue weighted by molar-refractivity contribution is -0.113. The summed E-state index contributed by atoms with van der Waals surface area (Å²) < 4.78 is 3.32. The predicted molar refractivity (Wildman–Crippen MR) is 112 cm³/mol. The quantitative estimate of drug-likeness (QED) is 0.709. The summed E-state index contributed by atoms with van der Waals surface area (Å²) in [6, 6.07) is 17.6. The van der Waals surface area contributed by atoms with Gasteiger partial charge in [-0.2, -0.15) is 0 Å². The number of para-hydroxylation sites is 1. The van der Waals surface area contributed by atoms with Crippen LogP contribution in [0.25, 0.3) is 5.69 Å². The SMILES string of the molecule is Cc1cccc(CSCC(=O)Nc2c(C)n(C)n(-c3ccccc3)c2=O)c1. The summed E-state index contributed by atoms with van der Waals surface area (Å²) in [6.07, 6.45) is 0. The zero-order chi connectivity index (χ0) is 19.4. The molecule has 1 heterocycles. The molecule has 5 nitrogen and oxygen atoms in total. The molecule has 0 atom stereocenters. The summed E-state index contributed by atoms with van der Waals surface area (Å²) in [5, 5.41) is 2.79. The van der Waals surface area contributed by atoms with Crippen LogP contribution in [0.4, 0.5) is 5.69 Å². The van der Waals surface area contributed by atoms with Crippen LogP contribution in [0.2, 0.25) is 0 Å². The highest BCUT2D eigenvalue weighted by atomic mass is 32.2. The number of thioether (sulfide) groups is 1. The van der Waals surface area contributed by atoms with Crippen LogP contribution >= 0.6 is 11.8 Å². The second-order valence-electron chi connectivity index (χ2n) is 6.47. The number of hydrogen-bond acceptors (Lipinski definition) is 3. The van der Waals surface area contributed by atoms with E-state index in [1.807, 2.05) is 50.4 Å². The Bertz CT molecular complexity index is 1010. The molecule has 3 aromatic rings. The molecule has 3 rings (SSSR count). The lowest BCUT2D eigenvalue weighted by Crippen LogP contribution is -2.23. The minimum Gasteiger partial charge on any atom is -0.319 e. The van der Waals surface area contributed by atoms with Crippen molar-refractivity contribution in [1.29, 1.82) is 0 Å². The van der Waals surface area contributed by atoms with Crippen molar-refractivity contribution in [2.45, 2.75) is 19.6 Å². The van der Waals surface area contributed by atoms with Gasteiger partial charge in [-0.3, -0.25) is 14.3 Å². The molecule has 0 radical (unpaired) electrons. The minimum atomic E-state index is -0.224. The topological polar surface area (TPSA) is 56.0 Å². The van der Waals surface area contributed by atoms with Gasteiger partial charge >= 0.3 is 0 Å². The van der Waals surface area contributed by atoms with Crippen LogP contribution in [-0.2, 0) is 17.6 Å². The molecule has 0 aliphatic rings. The summed E-state index contributed by atoms with van der Waals surface area (Å²) in [7, 11) is 1.81. The lowest BCUT2D eigenvalue weighted by atomic mass is 10.2. The van der Waals surface area contributed by atoms with E-state index in [4.69, 9.17) is 0 Å². The molecule has 0 aliphatic heterocycles. The maximum absolute atomic E-state index is 12.8. The third-order valence-corrected chi connectivity index (χ3v) is 5.41. The molecule has 0 saturated carbocycles. The predicted octanol–water partition coefficient (Wildman–Crippen LogP) is 3.66. The van der Waals surface area contributed by atoms with E-state index in [1.165, 1.54) is 22.9 Å². The van der Waals surface area contributed by atoms with Crippen molar-refractivity contribution in [3.63, 3.8) is 0 Å². The van der Waals surface area contributed by atoms with Crippen LogP contribution in [0.1, 0.15) is 16.8 Å². The number of nitrogens with zero attached hydrogens (tertiary/aromatic N) is 2. The number of anilines is 1. The van der Waals surface area contributed by atoms with Crippen LogP contribution in [0.5, 0.6) is 0 Å². The standard InChI is InChI=1S/C21H23N3O2S/c1-15-8-7-9-17(12-15)13-27-14-19(25)22-20-16(2)23(3)24(21(20)26)18-10-5-4-6-11-18/h4-12H,13-14H2,1-3H3,(H,22,25). The Kier molecular flexibility index (Phi) is 5.86. The van der Waals surface area contributed by atoms with E-state index in [1.54, 1.807) is 9.36 Å². The fourth-order valence-corrected chi connectivity index (χ4v) is 3.73. The van der Waals surface area contributed by atoms with Crippen molar-refractivity contribution in [2.24, 2.45) is 7.05 Å². The number of aromatic nitrogens is 2. The number of carbonyl (C=O) groups excluding carboxylic acids is 1. The van der Waals surface area contributed by atoms with Gasteiger partial charge in [0.2, 0.25) is 5.91 Å². The molecule has 27 heavy (non-hydrogen) atoms. The second-order valence-corrected chi connectivity index (χ2v) is 7.45. The molecule has 1 N–H and O–H groups in total. The van der Waals surface area contributed by atoms with Gasteiger partial charge in [-0.15, -0.1) is 11.8 Å². The Morgan fingerprint density at radius 1 is 1.07 bits per heavy atom. The van der Waals surface area contributed by atoms with Crippen LogP contribution in [0.3, 0.4) is 0 Å². The first-order valence-corrected chi connectivity index (χ1v) is 9.90. The maximum atomic E-state index is 12.8. The van der Waals surface area contributed by atoms with Gasteiger partial charge in [0.1, 0.15) is 5.69 Å². The lowest BCUT2D eigenvalue weighted by Gasteiger charge is -2.07. The highest BCUT2D eigenvalue weighted by molar-refractivity contribution is 7.99. The van der Waals surface area contributed by atoms with E-state index in [-0.39, 0.29) is 11.5 Å². The molecular weight excluding hydrogens is 358 g/mol. The third kappa shape index (κ3) is 4.34. The van der Waals surface area contributed by atoms with E-state index in [2.05, 4.69) is 30.4 Å². The van der Waals surface area contributed by atoms with Gasteiger partial charge in [-0.25, -0.2) is 4.68 Å². The molecule has 6 heteroatoms. The number of carbonyl (C=O) groups is 1. The number of amides is 1. The molecule has 0 unspecified atom stereocenters. The molecule has 0 bridgehead atoms. The maximum Gasteiger partial charge on any atom is 0.295 e.